The number of anilines is 1. The Hall–Kier alpha value is -1.64. The molecule has 28 heavy (non-hydrogen) atoms. The van der Waals surface area contributed by atoms with Crippen molar-refractivity contribution in [3.05, 3.63) is 52.9 Å². The molecule has 9 heteroatoms. The highest BCUT2D eigenvalue weighted by Crippen LogP contribution is 2.27. The first-order chi connectivity index (χ1) is 13.2. The molecule has 0 unspecified atom stereocenters. The molecule has 1 heterocycles. The summed E-state index contributed by atoms with van der Waals surface area (Å²) in [6, 6.07) is 7.87. The first kappa shape index (κ1) is 22.6. The average molecular weight is 445 g/mol. The van der Waals surface area contributed by atoms with Crippen LogP contribution in [0.5, 0.6) is 0 Å². The van der Waals surface area contributed by atoms with Gasteiger partial charge in [0.05, 0.1) is 24.0 Å². The second kappa shape index (κ2) is 10.2. The number of hydrogen-bond donors (Lipinski definition) is 1. The number of benzene rings is 1. The summed E-state index contributed by atoms with van der Waals surface area (Å²) in [5.74, 6) is 1.96. The zero-order valence-electron chi connectivity index (χ0n) is 16.1. The third-order valence-corrected chi connectivity index (χ3v) is 6.68. The number of rotatable bonds is 10. The van der Waals surface area contributed by atoms with Gasteiger partial charge in [0.1, 0.15) is 11.8 Å². The number of carbonyl (C=O) groups excluding carboxylic acids is 1. The number of aryl methyl sites for hydroxylation is 1. The molecule has 154 valence electrons. The number of nitrogens with zero attached hydrogens (tertiary/aromatic N) is 1. The van der Waals surface area contributed by atoms with E-state index in [2.05, 4.69) is 5.32 Å². The molecule has 2 aromatic rings. The van der Waals surface area contributed by atoms with Crippen LogP contribution in [-0.2, 0) is 20.6 Å². The van der Waals surface area contributed by atoms with Crippen LogP contribution in [0.15, 0.2) is 41.0 Å². The maximum absolute atomic E-state index is 12.7. The highest BCUT2D eigenvalue weighted by molar-refractivity contribution is 7.98. The molecule has 1 N–H and O–H groups in total. The van der Waals surface area contributed by atoms with Crippen LogP contribution in [0.4, 0.5) is 5.69 Å². The molecule has 1 aromatic heterocycles. The number of hydrogen-bond acceptors (Lipinski definition) is 5. The standard InChI is InChI=1S/C19H25ClN2O4S2/c1-4-18(19(23)21-9-11-27-13-16-6-5-10-26-16)22(28(3,24)25)15-8-7-14(2)17(20)12-15/h5-8,10,12,18H,4,9,11,13H2,1-3H3,(H,21,23)/t18-/m1/s1. The van der Waals surface area contributed by atoms with E-state index in [1.165, 1.54) is 0 Å². The van der Waals surface area contributed by atoms with Crippen molar-refractivity contribution in [1.82, 2.24) is 5.32 Å². The maximum Gasteiger partial charge on any atom is 0.243 e. The fourth-order valence-corrected chi connectivity index (χ4v) is 4.85. The lowest BCUT2D eigenvalue weighted by Crippen LogP contribution is -2.49. The van der Waals surface area contributed by atoms with Crippen LogP contribution in [0.2, 0.25) is 5.02 Å². The fourth-order valence-electron chi connectivity index (χ4n) is 2.71. The summed E-state index contributed by atoms with van der Waals surface area (Å²) in [6.45, 7) is 4.05. The smallest absolute Gasteiger partial charge is 0.243 e. The number of thioether (sulfide) groups is 1. The molecule has 1 amide bonds. The first-order valence-corrected chi connectivity index (χ1v) is 12.3. The topological polar surface area (TPSA) is 79.6 Å². The number of nitrogens with one attached hydrogen (secondary N) is 1. The monoisotopic (exact) mass is 444 g/mol. The molecule has 0 bridgehead atoms. The number of furan rings is 1. The molecule has 1 aromatic carbocycles. The molecule has 0 fully saturated rings. The van der Waals surface area contributed by atoms with Gasteiger partial charge in [-0.15, -0.1) is 0 Å². The third kappa shape index (κ3) is 6.18. The van der Waals surface area contributed by atoms with E-state index in [1.807, 2.05) is 19.1 Å². The zero-order chi connectivity index (χ0) is 20.7. The number of carbonyl (C=O) groups is 1. The quantitative estimate of drug-likeness (QED) is 0.563. The van der Waals surface area contributed by atoms with Crippen molar-refractivity contribution in [2.75, 3.05) is 22.9 Å². The number of sulfonamides is 1. The highest BCUT2D eigenvalue weighted by atomic mass is 35.5. The Balaban J connectivity index is 2.03. The Morgan fingerprint density at radius 1 is 1.36 bits per heavy atom. The summed E-state index contributed by atoms with van der Waals surface area (Å²) >= 11 is 7.79. The van der Waals surface area contributed by atoms with Crippen molar-refractivity contribution in [3.8, 4) is 0 Å². The summed E-state index contributed by atoms with van der Waals surface area (Å²) < 4.78 is 31.3. The van der Waals surface area contributed by atoms with Crippen molar-refractivity contribution in [3.63, 3.8) is 0 Å². The van der Waals surface area contributed by atoms with Gasteiger partial charge in [-0.3, -0.25) is 9.10 Å². The maximum atomic E-state index is 12.7. The summed E-state index contributed by atoms with van der Waals surface area (Å²) in [5, 5.41) is 3.29. The lowest BCUT2D eigenvalue weighted by molar-refractivity contribution is -0.122. The molecular formula is C19H25ClN2O4S2. The predicted octanol–water partition coefficient (Wildman–Crippen LogP) is 3.84. The van der Waals surface area contributed by atoms with Crippen molar-refractivity contribution in [2.45, 2.75) is 32.1 Å². The highest BCUT2D eigenvalue weighted by Gasteiger charge is 2.31. The van der Waals surface area contributed by atoms with Crippen LogP contribution < -0.4 is 9.62 Å². The van der Waals surface area contributed by atoms with Crippen molar-refractivity contribution < 1.29 is 17.6 Å². The van der Waals surface area contributed by atoms with E-state index in [0.717, 1.165) is 27.6 Å². The lowest BCUT2D eigenvalue weighted by atomic mass is 10.1. The van der Waals surface area contributed by atoms with Crippen LogP contribution in [0.25, 0.3) is 0 Å². The molecule has 0 aliphatic heterocycles. The average Bonchev–Trinajstić information content (AvgIpc) is 3.14. The Kier molecular flexibility index (Phi) is 8.27. The van der Waals surface area contributed by atoms with Crippen LogP contribution in [0.3, 0.4) is 0 Å². The van der Waals surface area contributed by atoms with E-state index in [1.54, 1.807) is 43.1 Å². The summed E-state index contributed by atoms with van der Waals surface area (Å²) in [5.41, 5.74) is 1.22. The van der Waals surface area contributed by atoms with Gasteiger partial charge in [0.15, 0.2) is 0 Å². The minimum atomic E-state index is -3.67. The van der Waals surface area contributed by atoms with Gasteiger partial charge in [-0.1, -0.05) is 24.6 Å². The van der Waals surface area contributed by atoms with Crippen LogP contribution in [0.1, 0.15) is 24.7 Å². The molecular weight excluding hydrogens is 420 g/mol. The lowest BCUT2D eigenvalue weighted by Gasteiger charge is -2.30. The fraction of sp³-hybridized carbons (Fsp3) is 0.421. The largest absolute Gasteiger partial charge is 0.468 e. The number of halogens is 1. The van der Waals surface area contributed by atoms with Gasteiger partial charge in [0.2, 0.25) is 15.9 Å². The van der Waals surface area contributed by atoms with Crippen molar-refractivity contribution in [2.24, 2.45) is 0 Å². The molecule has 0 aliphatic rings. The predicted molar refractivity (Wildman–Crippen MR) is 115 cm³/mol. The van der Waals surface area contributed by atoms with Crippen LogP contribution in [-0.4, -0.2) is 38.9 Å². The Bertz CT molecular complexity index is 885. The molecule has 2 rings (SSSR count). The molecule has 6 nitrogen and oxygen atoms in total. The third-order valence-electron chi connectivity index (χ3n) is 4.11. The van der Waals surface area contributed by atoms with Gasteiger partial charge >= 0.3 is 0 Å². The summed E-state index contributed by atoms with van der Waals surface area (Å²) in [6.07, 6.45) is 3.06. The number of amides is 1. The van der Waals surface area contributed by atoms with E-state index in [-0.39, 0.29) is 5.91 Å². The molecule has 0 spiro atoms. The zero-order valence-corrected chi connectivity index (χ0v) is 18.5. The van der Waals surface area contributed by atoms with Gasteiger partial charge in [0.25, 0.3) is 0 Å². The van der Waals surface area contributed by atoms with E-state index >= 15 is 0 Å². The van der Waals surface area contributed by atoms with E-state index in [0.29, 0.717) is 29.4 Å². The van der Waals surface area contributed by atoms with E-state index in [9.17, 15) is 13.2 Å². The first-order valence-electron chi connectivity index (χ1n) is 8.87. The van der Waals surface area contributed by atoms with Crippen molar-refractivity contribution >= 4 is 45.0 Å². The van der Waals surface area contributed by atoms with Crippen LogP contribution in [0, 0.1) is 6.92 Å². The summed E-state index contributed by atoms with van der Waals surface area (Å²) in [4.78, 5) is 12.7. The van der Waals surface area contributed by atoms with Crippen molar-refractivity contribution in [1.29, 1.82) is 0 Å². The van der Waals surface area contributed by atoms with Gasteiger partial charge in [-0.25, -0.2) is 8.42 Å². The van der Waals surface area contributed by atoms with E-state index < -0.39 is 16.1 Å². The van der Waals surface area contributed by atoms with Gasteiger partial charge in [0, 0.05) is 17.3 Å². The SMILES string of the molecule is CC[C@H](C(=O)NCCSCc1ccco1)N(c1ccc(C)c(Cl)c1)S(C)(=O)=O. The second-order valence-electron chi connectivity index (χ2n) is 6.34. The molecule has 0 saturated carbocycles. The van der Waals surface area contributed by atoms with Gasteiger partial charge in [-0.2, -0.15) is 11.8 Å². The molecule has 1 atom stereocenters. The Morgan fingerprint density at radius 2 is 2.11 bits per heavy atom. The Morgan fingerprint density at radius 3 is 2.68 bits per heavy atom. The molecule has 0 radical (unpaired) electrons. The minimum Gasteiger partial charge on any atom is -0.468 e. The Labute approximate surface area is 175 Å². The van der Waals surface area contributed by atoms with Gasteiger partial charge in [-0.05, 0) is 43.2 Å². The second-order valence-corrected chi connectivity index (χ2v) is 9.71. The minimum absolute atomic E-state index is 0.330. The van der Waals surface area contributed by atoms with E-state index in [4.69, 9.17) is 16.0 Å². The molecule has 0 aliphatic carbocycles. The van der Waals surface area contributed by atoms with Crippen LogP contribution >= 0.6 is 23.4 Å². The summed E-state index contributed by atoms with van der Waals surface area (Å²) in [7, 11) is -3.67. The molecule has 0 saturated heterocycles. The normalized spacial score (nSPS) is 12.6. The van der Waals surface area contributed by atoms with Gasteiger partial charge < -0.3 is 9.73 Å².